The second kappa shape index (κ2) is 6.80. The number of oxazole rings is 1. The van der Waals surface area contributed by atoms with Gasteiger partial charge in [0.1, 0.15) is 5.52 Å². The fraction of sp³-hybridized carbons (Fsp3) is 0.222. The first kappa shape index (κ1) is 17.9. The minimum absolute atomic E-state index is 0.172. The van der Waals surface area contributed by atoms with Crippen LogP contribution in [0.4, 0.5) is 11.4 Å². The zero-order chi connectivity index (χ0) is 18.9. The molecule has 3 rings (SSSR count). The maximum absolute atomic E-state index is 12.4. The molecule has 0 aliphatic heterocycles. The molecule has 26 heavy (non-hydrogen) atoms. The Kier molecular flexibility index (Phi) is 4.69. The van der Waals surface area contributed by atoms with Crippen molar-refractivity contribution in [2.24, 2.45) is 0 Å². The molecule has 3 aromatic rings. The number of nitrogens with one attached hydrogen (secondary N) is 2. The topological polar surface area (TPSA) is 101 Å². The Labute approximate surface area is 151 Å². The summed E-state index contributed by atoms with van der Waals surface area (Å²) in [5.41, 5.74) is 2.56. The molecule has 7 nitrogen and oxygen atoms in total. The van der Waals surface area contributed by atoms with Crippen LogP contribution in [0, 0.1) is 0 Å². The van der Waals surface area contributed by atoms with Crippen LogP contribution in [0.2, 0.25) is 0 Å². The monoisotopic (exact) mass is 373 g/mol. The van der Waals surface area contributed by atoms with E-state index in [0.717, 1.165) is 6.26 Å². The van der Waals surface area contributed by atoms with Gasteiger partial charge in [0.25, 0.3) is 5.91 Å². The van der Waals surface area contributed by atoms with Crippen molar-refractivity contribution in [3.05, 3.63) is 53.9 Å². The van der Waals surface area contributed by atoms with Crippen LogP contribution in [0.1, 0.15) is 36.0 Å². The number of carbonyl (C=O) groups excluding carboxylic acids is 1. The van der Waals surface area contributed by atoms with Gasteiger partial charge in [0.15, 0.2) is 11.5 Å². The fourth-order valence-electron chi connectivity index (χ4n) is 2.41. The van der Waals surface area contributed by atoms with E-state index in [0.29, 0.717) is 33.9 Å². The van der Waals surface area contributed by atoms with Gasteiger partial charge in [-0.1, -0.05) is 19.9 Å². The van der Waals surface area contributed by atoms with Crippen LogP contribution in [0.15, 0.2) is 46.9 Å². The highest BCUT2D eigenvalue weighted by atomic mass is 32.2. The van der Waals surface area contributed by atoms with E-state index >= 15 is 0 Å². The molecule has 0 aliphatic carbocycles. The number of amides is 1. The number of rotatable bonds is 5. The van der Waals surface area contributed by atoms with Crippen LogP contribution >= 0.6 is 0 Å². The second-order valence-electron chi connectivity index (χ2n) is 6.30. The van der Waals surface area contributed by atoms with Gasteiger partial charge in [-0.2, -0.15) is 0 Å². The number of carbonyl (C=O) groups is 1. The summed E-state index contributed by atoms with van der Waals surface area (Å²) >= 11 is 0. The normalized spacial score (nSPS) is 11.7. The van der Waals surface area contributed by atoms with Crippen LogP contribution < -0.4 is 10.0 Å². The Bertz CT molecular complexity index is 1070. The summed E-state index contributed by atoms with van der Waals surface area (Å²) in [6.07, 6.45) is 1.05. The smallest absolute Gasteiger partial charge is 0.255 e. The van der Waals surface area contributed by atoms with E-state index in [1.165, 1.54) is 6.07 Å². The van der Waals surface area contributed by atoms with Crippen molar-refractivity contribution in [2.75, 3.05) is 16.3 Å². The van der Waals surface area contributed by atoms with Crippen LogP contribution in [0.5, 0.6) is 0 Å². The van der Waals surface area contributed by atoms with Crippen molar-refractivity contribution < 1.29 is 17.6 Å². The molecule has 0 atom stereocenters. The second-order valence-corrected chi connectivity index (χ2v) is 8.05. The molecule has 2 aromatic carbocycles. The molecule has 0 saturated heterocycles. The number of anilines is 2. The highest BCUT2D eigenvalue weighted by Crippen LogP contribution is 2.24. The van der Waals surface area contributed by atoms with Crippen LogP contribution in [0.25, 0.3) is 11.1 Å². The van der Waals surface area contributed by atoms with Gasteiger partial charge in [0, 0.05) is 22.9 Å². The summed E-state index contributed by atoms with van der Waals surface area (Å²) in [6.45, 7) is 3.98. The Hall–Kier alpha value is -2.87. The van der Waals surface area contributed by atoms with Crippen LogP contribution in [-0.4, -0.2) is 25.6 Å². The van der Waals surface area contributed by atoms with E-state index in [1.807, 2.05) is 13.8 Å². The molecule has 0 unspecified atom stereocenters. The van der Waals surface area contributed by atoms with E-state index in [1.54, 1.807) is 36.4 Å². The molecule has 0 radical (unpaired) electrons. The van der Waals surface area contributed by atoms with E-state index in [4.69, 9.17) is 4.42 Å². The van der Waals surface area contributed by atoms with Gasteiger partial charge in [-0.15, -0.1) is 0 Å². The quantitative estimate of drug-likeness (QED) is 0.712. The third kappa shape index (κ3) is 4.20. The van der Waals surface area contributed by atoms with E-state index in [-0.39, 0.29) is 11.8 Å². The number of hydrogen-bond acceptors (Lipinski definition) is 5. The predicted molar refractivity (Wildman–Crippen MR) is 101 cm³/mol. The Morgan fingerprint density at radius 3 is 2.58 bits per heavy atom. The summed E-state index contributed by atoms with van der Waals surface area (Å²) in [5.74, 6) is 0.461. The lowest BCUT2D eigenvalue weighted by atomic mass is 10.2. The van der Waals surface area contributed by atoms with Crippen molar-refractivity contribution in [1.82, 2.24) is 4.98 Å². The standard InChI is InChI=1S/C18H19N3O4S/c1-11(2)18-20-15-10-13(7-8-16(15)25-18)19-17(22)12-5-4-6-14(9-12)21-26(3,23)24/h4-11,21H,1-3H3,(H,19,22). The van der Waals surface area contributed by atoms with Crippen molar-refractivity contribution in [2.45, 2.75) is 19.8 Å². The van der Waals surface area contributed by atoms with Gasteiger partial charge in [-0.3, -0.25) is 9.52 Å². The molecule has 0 aliphatic rings. The number of sulfonamides is 1. The largest absolute Gasteiger partial charge is 0.440 e. The number of hydrogen-bond donors (Lipinski definition) is 2. The third-order valence-corrected chi connectivity index (χ3v) is 4.19. The zero-order valence-corrected chi connectivity index (χ0v) is 15.4. The summed E-state index contributed by atoms with van der Waals surface area (Å²) in [5, 5.41) is 2.78. The molecule has 0 fully saturated rings. The first-order chi connectivity index (χ1) is 12.2. The van der Waals surface area contributed by atoms with Gasteiger partial charge in [0.2, 0.25) is 10.0 Å². The average Bonchev–Trinajstić information content (AvgIpc) is 2.97. The van der Waals surface area contributed by atoms with E-state index in [9.17, 15) is 13.2 Å². The SMILES string of the molecule is CC(C)c1nc2cc(NC(=O)c3cccc(NS(C)(=O)=O)c3)ccc2o1. The fourth-order valence-corrected chi connectivity index (χ4v) is 2.97. The molecule has 1 amide bonds. The molecular formula is C18H19N3O4S. The molecule has 8 heteroatoms. The average molecular weight is 373 g/mol. The van der Waals surface area contributed by atoms with Gasteiger partial charge in [-0.25, -0.2) is 13.4 Å². The Balaban J connectivity index is 1.81. The highest BCUT2D eigenvalue weighted by molar-refractivity contribution is 7.92. The lowest BCUT2D eigenvalue weighted by Crippen LogP contribution is -2.13. The summed E-state index contributed by atoms with van der Waals surface area (Å²) in [6, 6.07) is 11.5. The maximum Gasteiger partial charge on any atom is 0.255 e. The van der Waals surface area contributed by atoms with Gasteiger partial charge >= 0.3 is 0 Å². The van der Waals surface area contributed by atoms with Crippen molar-refractivity contribution >= 4 is 38.4 Å². The molecule has 0 saturated carbocycles. The molecule has 1 heterocycles. The van der Waals surface area contributed by atoms with Gasteiger partial charge in [0.05, 0.1) is 6.26 Å². The van der Waals surface area contributed by atoms with Crippen molar-refractivity contribution in [3.8, 4) is 0 Å². The first-order valence-electron chi connectivity index (χ1n) is 8.01. The summed E-state index contributed by atoms with van der Waals surface area (Å²) < 4.78 is 30.6. The predicted octanol–water partition coefficient (Wildman–Crippen LogP) is 3.58. The Morgan fingerprint density at radius 1 is 1.12 bits per heavy atom. The minimum Gasteiger partial charge on any atom is -0.440 e. The van der Waals surface area contributed by atoms with Crippen LogP contribution in [-0.2, 0) is 10.0 Å². The molecule has 0 spiro atoms. The van der Waals surface area contributed by atoms with E-state index in [2.05, 4.69) is 15.0 Å². The number of nitrogens with zero attached hydrogens (tertiary/aromatic N) is 1. The van der Waals surface area contributed by atoms with Crippen LogP contribution in [0.3, 0.4) is 0 Å². The highest BCUT2D eigenvalue weighted by Gasteiger charge is 2.12. The molecule has 136 valence electrons. The molecule has 1 aromatic heterocycles. The lowest BCUT2D eigenvalue weighted by Gasteiger charge is -2.08. The molecule has 2 N–H and O–H groups in total. The number of benzene rings is 2. The van der Waals surface area contributed by atoms with E-state index < -0.39 is 10.0 Å². The van der Waals surface area contributed by atoms with Crippen molar-refractivity contribution in [1.29, 1.82) is 0 Å². The minimum atomic E-state index is -3.41. The number of fused-ring (bicyclic) bond motifs is 1. The van der Waals surface area contributed by atoms with Crippen molar-refractivity contribution in [3.63, 3.8) is 0 Å². The number of aromatic nitrogens is 1. The summed E-state index contributed by atoms with van der Waals surface area (Å²) in [7, 11) is -3.41. The molecule has 0 bridgehead atoms. The van der Waals surface area contributed by atoms with Gasteiger partial charge in [-0.05, 0) is 36.4 Å². The first-order valence-corrected chi connectivity index (χ1v) is 9.90. The summed E-state index contributed by atoms with van der Waals surface area (Å²) in [4.78, 5) is 16.9. The zero-order valence-electron chi connectivity index (χ0n) is 14.6. The van der Waals surface area contributed by atoms with Gasteiger partial charge < -0.3 is 9.73 Å². The maximum atomic E-state index is 12.4. The lowest BCUT2D eigenvalue weighted by molar-refractivity contribution is 0.102. The Morgan fingerprint density at radius 2 is 1.88 bits per heavy atom. The third-order valence-electron chi connectivity index (χ3n) is 3.58. The molecular weight excluding hydrogens is 354 g/mol.